The van der Waals surface area contributed by atoms with Crippen LogP contribution >= 0.6 is 11.3 Å². The van der Waals surface area contributed by atoms with E-state index in [9.17, 15) is 9.59 Å². The van der Waals surface area contributed by atoms with Gasteiger partial charge in [-0.15, -0.1) is 11.3 Å². The first-order chi connectivity index (χ1) is 8.16. The van der Waals surface area contributed by atoms with Gasteiger partial charge in [0.15, 0.2) is 5.13 Å². The quantitative estimate of drug-likeness (QED) is 0.881. The second kappa shape index (κ2) is 4.93. The van der Waals surface area contributed by atoms with Crippen LogP contribution in [0.5, 0.6) is 0 Å². The maximum Gasteiger partial charge on any atom is 0.329 e. The number of carboxylic acids is 1. The Morgan fingerprint density at radius 2 is 1.94 bits per heavy atom. The first-order valence-corrected chi connectivity index (χ1v) is 6.20. The van der Waals surface area contributed by atoms with Crippen LogP contribution < -0.4 is 5.32 Å². The highest BCUT2D eigenvalue weighted by atomic mass is 32.1. The largest absolute Gasteiger partial charge is 0.480 e. The number of hydrogen-bond donors (Lipinski definition) is 2. The van der Waals surface area contributed by atoms with Crippen molar-refractivity contribution in [3.05, 3.63) is 10.6 Å². The van der Waals surface area contributed by atoms with Crippen molar-refractivity contribution in [2.45, 2.75) is 33.2 Å². The molecule has 7 heteroatoms. The van der Waals surface area contributed by atoms with E-state index in [1.54, 1.807) is 0 Å². The standard InChI is InChI=1S/C11H17N3O3S/c1-6-7(2)18-9(12-6)13-10(17)14(5)11(3,4)8(15)16/h1-5H3,(H,15,16)(H,12,13,17). The van der Waals surface area contributed by atoms with E-state index >= 15 is 0 Å². The van der Waals surface area contributed by atoms with Gasteiger partial charge < -0.3 is 10.0 Å². The average molecular weight is 271 g/mol. The van der Waals surface area contributed by atoms with Crippen LogP contribution in [0.15, 0.2) is 0 Å². The smallest absolute Gasteiger partial charge is 0.329 e. The summed E-state index contributed by atoms with van der Waals surface area (Å²) in [7, 11) is 1.44. The van der Waals surface area contributed by atoms with Crippen LogP contribution in [0.4, 0.5) is 9.93 Å². The number of nitrogens with zero attached hydrogens (tertiary/aromatic N) is 2. The van der Waals surface area contributed by atoms with Crippen molar-refractivity contribution in [2.75, 3.05) is 12.4 Å². The molecule has 0 saturated heterocycles. The Hall–Kier alpha value is -1.63. The van der Waals surface area contributed by atoms with Crippen molar-refractivity contribution in [1.82, 2.24) is 9.88 Å². The molecule has 0 aliphatic carbocycles. The first kappa shape index (κ1) is 14.4. The predicted molar refractivity (Wildman–Crippen MR) is 70.1 cm³/mol. The molecule has 0 aliphatic rings. The fourth-order valence-electron chi connectivity index (χ4n) is 1.10. The Balaban J connectivity index is 2.80. The molecular formula is C11H17N3O3S. The molecule has 1 heterocycles. The summed E-state index contributed by atoms with van der Waals surface area (Å²) in [5.41, 5.74) is -0.415. The number of aliphatic carboxylic acids is 1. The fraction of sp³-hybridized carbons (Fsp3) is 0.545. The van der Waals surface area contributed by atoms with Gasteiger partial charge in [-0.05, 0) is 27.7 Å². The lowest BCUT2D eigenvalue weighted by atomic mass is 10.1. The minimum absolute atomic E-state index is 0.475. The third kappa shape index (κ3) is 2.79. The molecule has 0 radical (unpaired) electrons. The topological polar surface area (TPSA) is 82.5 Å². The van der Waals surface area contributed by atoms with Gasteiger partial charge in [0.2, 0.25) is 0 Å². The van der Waals surface area contributed by atoms with E-state index < -0.39 is 17.5 Å². The van der Waals surface area contributed by atoms with Crippen LogP contribution in [-0.2, 0) is 4.79 Å². The molecule has 1 aromatic rings. The number of carbonyl (C=O) groups excluding carboxylic acids is 1. The number of anilines is 1. The summed E-state index contributed by atoms with van der Waals surface area (Å²) in [6.07, 6.45) is 0. The molecule has 6 nitrogen and oxygen atoms in total. The average Bonchev–Trinajstić information content (AvgIpc) is 2.56. The van der Waals surface area contributed by atoms with Crippen LogP contribution in [0.25, 0.3) is 0 Å². The lowest BCUT2D eigenvalue weighted by Gasteiger charge is -2.31. The van der Waals surface area contributed by atoms with Crippen molar-refractivity contribution >= 4 is 28.5 Å². The van der Waals surface area contributed by atoms with Gasteiger partial charge in [-0.1, -0.05) is 0 Å². The van der Waals surface area contributed by atoms with Gasteiger partial charge in [-0.25, -0.2) is 14.6 Å². The highest BCUT2D eigenvalue weighted by Crippen LogP contribution is 2.22. The number of amides is 2. The van der Waals surface area contributed by atoms with Crippen LogP contribution in [0.1, 0.15) is 24.4 Å². The van der Waals surface area contributed by atoms with Crippen LogP contribution in [0.2, 0.25) is 0 Å². The molecule has 0 aromatic carbocycles. The summed E-state index contributed by atoms with van der Waals surface area (Å²) in [5.74, 6) is -1.06. The summed E-state index contributed by atoms with van der Waals surface area (Å²) in [5, 5.41) is 12.1. The lowest BCUT2D eigenvalue weighted by molar-refractivity contribution is -0.146. The molecule has 0 fully saturated rings. The number of rotatable bonds is 3. The molecule has 100 valence electrons. The third-order valence-electron chi connectivity index (χ3n) is 2.91. The molecule has 0 spiro atoms. The number of urea groups is 1. The van der Waals surface area contributed by atoms with Gasteiger partial charge in [0, 0.05) is 11.9 Å². The van der Waals surface area contributed by atoms with Crippen LogP contribution in [0.3, 0.4) is 0 Å². The highest BCUT2D eigenvalue weighted by molar-refractivity contribution is 7.15. The molecule has 2 N–H and O–H groups in total. The van der Waals surface area contributed by atoms with E-state index in [-0.39, 0.29) is 0 Å². The number of nitrogens with one attached hydrogen (secondary N) is 1. The number of carbonyl (C=O) groups is 2. The second-order valence-corrected chi connectivity index (χ2v) is 5.72. The molecule has 1 rings (SSSR count). The Morgan fingerprint density at radius 1 is 1.39 bits per heavy atom. The molecule has 0 unspecified atom stereocenters. The molecule has 0 aliphatic heterocycles. The maximum atomic E-state index is 11.9. The maximum absolute atomic E-state index is 11.9. The van der Waals surface area contributed by atoms with E-state index in [1.807, 2.05) is 13.8 Å². The van der Waals surface area contributed by atoms with E-state index in [0.29, 0.717) is 5.13 Å². The van der Waals surface area contributed by atoms with E-state index in [0.717, 1.165) is 15.5 Å². The van der Waals surface area contributed by atoms with Gasteiger partial charge in [0.1, 0.15) is 5.54 Å². The zero-order valence-corrected chi connectivity index (χ0v) is 11.9. The number of aryl methyl sites for hydroxylation is 2. The molecule has 18 heavy (non-hydrogen) atoms. The molecular weight excluding hydrogens is 254 g/mol. The number of likely N-dealkylation sites (N-methyl/N-ethyl adjacent to an activating group) is 1. The van der Waals surface area contributed by atoms with E-state index in [2.05, 4.69) is 10.3 Å². The predicted octanol–water partition coefficient (Wildman–Crippen LogP) is 2.09. The third-order valence-corrected chi connectivity index (χ3v) is 3.90. The van der Waals surface area contributed by atoms with Crippen molar-refractivity contribution in [1.29, 1.82) is 0 Å². The van der Waals surface area contributed by atoms with E-state index in [1.165, 1.54) is 32.2 Å². The van der Waals surface area contributed by atoms with Crippen molar-refractivity contribution in [2.24, 2.45) is 0 Å². The van der Waals surface area contributed by atoms with Crippen molar-refractivity contribution in [3.8, 4) is 0 Å². The number of aromatic nitrogens is 1. The monoisotopic (exact) mass is 271 g/mol. The first-order valence-electron chi connectivity index (χ1n) is 5.38. The highest BCUT2D eigenvalue weighted by Gasteiger charge is 2.35. The lowest BCUT2D eigenvalue weighted by Crippen LogP contribution is -2.52. The van der Waals surface area contributed by atoms with Crippen LogP contribution in [-0.4, -0.2) is 39.6 Å². The van der Waals surface area contributed by atoms with Gasteiger partial charge in [-0.3, -0.25) is 5.32 Å². The summed E-state index contributed by atoms with van der Waals surface area (Å²) in [6.45, 7) is 6.69. The summed E-state index contributed by atoms with van der Waals surface area (Å²) >= 11 is 1.36. The molecule has 0 saturated carbocycles. The normalized spacial score (nSPS) is 11.2. The van der Waals surface area contributed by atoms with Crippen LogP contribution in [0, 0.1) is 13.8 Å². The summed E-state index contributed by atoms with van der Waals surface area (Å²) < 4.78 is 0. The number of carboxylic acid groups (broad SMARTS) is 1. The molecule has 2 amide bonds. The summed E-state index contributed by atoms with van der Waals surface area (Å²) in [4.78, 5) is 29.3. The Kier molecular flexibility index (Phi) is 3.95. The summed E-state index contributed by atoms with van der Waals surface area (Å²) in [6, 6.07) is -0.490. The molecule has 1 aromatic heterocycles. The van der Waals surface area contributed by atoms with Gasteiger partial charge >= 0.3 is 12.0 Å². The minimum Gasteiger partial charge on any atom is -0.480 e. The Labute approximate surface area is 110 Å². The Morgan fingerprint density at radius 3 is 2.33 bits per heavy atom. The van der Waals surface area contributed by atoms with Crippen molar-refractivity contribution in [3.63, 3.8) is 0 Å². The van der Waals surface area contributed by atoms with Gasteiger partial charge in [-0.2, -0.15) is 0 Å². The SMILES string of the molecule is Cc1nc(NC(=O)N(C)C(C)(C)C(=O)O)sc1C. The number of thiazole rings is 1. The van der Waals surface area contributed by atoms with Gasteiger partial charge in [0.05, 0.1) is 5.69 Å². The van der Waals surface area contributed by atoms with Gasteiger partial charge in [0.25, 0.3) is 0 Å². The molecule has 0 atom stereocenters. The number of hydrogen-bond acceptors (Lipinski definition) is 4. The minimum atomic E-state index is -1.27. The zero-order valence-electron chi connectivity index (χ0n) is 11.1. The fourth-order valence-corrected chi connectivity index (χ4v) is 1.90. The molecule has 0 bridgehead atoms. The zero-order chi connectivity index (χ0) is 14.1. The van der Waals surface area contributed by atoms with E-state index in [4.69, 9.17) is 5.11 Å². The second-order valence-electron chi connectivity index (χ2n) is 4.51. The Bertz CT molecular complexity index is 462. The van der Waals surface area contributed by atoms with Crippen molar-refractivity contribution < 1.29 is 14.7 Å².